The first-order valence-electron chi connectivity index (χ1n) is 4.71. The van der Waals surface area contributed by atoms with Crippen LogP contribution in [-0.2, 0) is 0 Å². The van der Waals surface area contributed by atoms with Gasteiger partial charge in [-0.25, -0.2) is 0 Å². The molecule has 0 fully saturated rings. The van der Waals surface area contributed by atoms with Crippen LogP contribution in [0.1, 0.15) is 51.9 Å². The van der Waals surface area contributed by atoms with Crippen molar-refractivity contribution in [1.82, 2.24) is 0 Å². The van der Waals surface area contributed by atoms with Crippen LogP contribution < -0.4 is 0 Å². The van der Waals surface area contributed by atoms with E-state index < -0.39 is 0 Å². The van der Waals surface area contributed by atoms with Crippen molar-refractivity contribution >= 4 is 9.24 Å². The Morgan fingerprint density at radius 2 is 1.64 bits per heavy atom. The molecular weight excluding hydrogens is 151 g/mol. The summed E-state index contributed by atoms with van der Waals surface area (Å²) in [7, 11) is 4.00. The Bertz CT molecular complexity index is 86.9. The van der Waals surface area contributed by atoms with Gasteiger partial charge in [-0.05, 0) is 22.1 Å². The lowest BCUT2D eigenvalue weighted by atomic mass is 10.1. The molecule has 0 saturated carbocycles. The van der Waals surface area contributed by atoms with Crippen LogP contribution in [0.5, 0.6) is 0 Å². The van der Waals surface area contributed by atoms with Crippen molar-refractivity contribution in [1.29, 1.82) is 0 Å². The molecule has 0 heterocycles. The second-order valence-corrected chi connectivity index (χ2v) is 3.24. The minimum atomic E-state index is 1.20. The summed E-state index contributed by atoms with van der Waals surface area (Å²) in [6.45, 7) is 2.25. The molecule has 1 heteroatoms. The number of rotatable bonds is 7. The second kappa shape index (κ2) is 10.2. The normalized spacial score (nSPS) is 11.1. The van der Waals surface area contributed by atoms with Gasteiger partial charge in [-0.1, -0.05) is 50.9 Å². The van der Waals surface area contributed by atoms with Crippen LogP contribution in [0, 0.1) is 0 Å². The van der Waals surface area contributed by atoms with Gasteiger partial charge in [0.2, 0.25) is 0 Å². The first kappa shape index (κ1) is 11.2. The Kier molecular flexibility index (Phi) is 10.3. The average Bonchev–Trinajstić information content (AvgIpc) is 2.03. The van der Waals surface area contributed by atoms with E-state index in [1.807, 2.05) is 5.82 Å². The van der Waals surface area contributed by atoms with E-state index in [0.29, 0.717) is 0 Å². The zero-order chi connectivity index (χ0) is 8.36. The summed E-state index contributed by atoms with van der Waals surface area (Å²) in [5.41, 5.74) is 0. The Balaban J connectivity index is 2.79. The van der Waals surface area contributed by atoms with Crippen LogP contribution in [0.3, 0.4) is 0 Å². The van der Waals surface area contributed by atoms with Crippen molar-refractivity contribution in [2.24, 2.45) is 0 Å². The van der Waals surface area contributed by atoms with Gasteiger partial charge in [-0.15, -0.1) is 0 Å². The summed E-state index contributed by atoms with van der Waals surface area (Å²) in [4.78, 5) is 0. The van der Waals surface area contributed by atoms with Crippen molar-refractivity contribution in [3.63, 3.8) is 0 Å². The smallest absolute Gasteiger partial charge is 0.0146 e. The molecule has 0 rings (SSSR count). The maximum absolute atomic E-state index is 4.00. The topological polar surface area (TPSA) is 0 Å². The first-order chi connectivity index (χ1) is 5.41. The Hall–Kier alpha value is 0.170. The third kappa shape index (κ3) is 10.2. The molecule has 0 saturated heterocycles. The molecule has 0 amide bonds. The summed E-state index contributed by atoms with van der Waals surface area (Å²) in [5, 5.41) is 0. The van der Waals surface area contributed by atoms with E-state index in [0.717, 1.165) is 0 Å². The number of unbranched alkanes of at least 4 members (excludes halogenated alkanes) is 6. The van der Waals surface area contributed by atoms with Gasteiger partial charge in [0.15, 0.2) is 0 Å². The standard InChI is InChI=1S/C10H19P/c1-2-3-4-5-6-7-8-9-10-11/h9-10H,2-8H2,1H3. The molecule has 2 radical (unpaired) electrons. The minimum absolute atomic E-state index is 1.20. The molecule has 0 bridgehead atoms. The van der Waals surface area contributed by atoms with E-state index in [1.54, 1.807) is 0 Å². The van der Waals surface area contributed by atoms with Gasteiger partial charge in [0.1, 0.15) is 0 Å². The van der Waals surface area contributed by atoms with Crippen molar-refractivity contribution in [2.45, 2.75) is 51.9 Å². The highest BCUT2D eigenvalue weighted by molar-refractivity contribution is 7.20. The molecule has 0 unspecified atom stereocenters. The molecule has 0 atom stereocenters. The van der Waals surface area contributed by atoms with Crippen LogP contribution in [0.4, 0.5) is 0 Å². The summed E-state index contributed by atoms with van der Waals surface area (Å²) >= 11 is 0. The molecule has 0 aromatic heterocycles. The third-order valence-electron chi connectivity index (χ3n) is 1.83. The van der Waals surface area contributed by atoms with Crippen molar-refractivity contribution in [3.8, 4) is 0 Å². The van der Waals surface area contributed by atoms with Crippen LogP contribution in [0.2, 0.25) is 0 Å². The van der Waals surface area contributed by atoms with Crippen molar-refractivity contribution < 1.29 is 0 Å². The lowest BCUT2D eigenvalue weighted by Gasteiger charge is -1.96. The van der Waals surface area contributed by atoms with Gasteiger partial charge in [0, 0.05) is 0 Å². The summed E-state index contributed by atoms with van der Waals surface area (Å²) in [5.74, 6) is 1.84. The van der Waals surface area contributed by atoms with Crippen molar-refractivity contribution in [2.75, 3.05) is 0 Å². The SMILES string of the molecule is CCCCCCCCC=C[P]. The van der Waals surface area contributed by atoms with E-state index in [-0.39, 0.29) is 0 Å². The van der Waals surface area contributed by atoms with E-state index in [9.17, 15) is 0 Å². The monoisotopic (exact) mass is 170 g/mol. The lowest BCUT2D eigenvalue weighted by molar-refractivity contribution is 0.611. The predicted octanol–water partition coefficient (Wildman–Crippen LogP) is 4.66. The molecule has 0 aromatic rings. The van der Waals surface area contributed by atoms with Crippen LogP contribution >= 0.6 is 9.24 Å². The van der Waals surface area contributed by atoms with Crippen molar-refractivity contribution in [3.05, 3.63) is 11.9 Å². The molecule has 0 nitrogen and oxygen atoms in total. The van der Waals surface area contributed by atoms with Gasteiger partial charge in [0.25, 0.3) is 0 Å². The fourth-order valence-corrected chi connectivity index (χ4v) is 1.27. The molecule has 0 aliphatic carbocycles. The van der Waals surface area contributed by atoms with Crippen LogP contribution in [-0.4, -0.2) is 0 Å². The first-order valence-corrected chi connectivity index (χ1v) is 5.22. The molecule has 0 aromatic carbocycles. The largest absolute Gasteiger partial charge is 0.0834 e. The summed E-state index contributed by atoms with van der Waals surface area (Å²) in [6, 6.07) is 0. The summed E-state index contributed by atoms with van der Waals surface area (Å²) < 4.78 is 0. The molecular formula is C10H19P. The van der Waals surface area contributed by atoms with Gasteiger partial charge in [-0.2, -0.15) is 0 Å². The molecule has 11 heavy (non-hydrogen) atoms. The van der Waals surface area contributed by atoms with E-state index in [1.165, 1.54) is 44.9 Å². The second-order valence-electron chi connectivity index (χ2n) is 2.94. The fraction of sp³-hybridized carbons (Fsp3) is 0.800. The Morgan fingerprint density at radius 3 is 2.27 bits per heavy atom. The molecule has 0 spiro atoms. The van der Waals surface area contributed by atoms with Crippen LogP contribution in [0.25, 0.3) is 0 Å². The third-order valence-corrected chi connectivity index (χ3v) is 2.04. The summed E-state index contributed by atoms with van der Waals surface area (Å²) in [6.07, 6.45) is 11.6. The highest BCUT2D eigenvalue weighted by Gasteiger charge is 1.87. The highest BCUT2D eigenvalue weighted by atomic mass is 31.0. The van der Waals surface area contributed by atoms with Gasteiger partial charge in [-0.3, -0.25) is 0 Å². The molecule has 64 valence electrons. The molecule has 0 aliphatic rings. The molecule has 0 aliphatic heterocycles. The average molecular weight is 170 g/mol. The zero-order valence-corrected chi connectivity index (χ0v) is 8.45. The minimum Gasteiger partial charge on any atom is -0.0834 e. The van der Waals surface area contributed by atoms with Gasteiger partial charge < -0.3 is 0 Å². The fourth-order valence-electron chi connectivity index (χ4n) is 1.12. The van der Waals surface area contributed by atoms with E-state index >= 15 is 0 Å². The van der Waals surface area contributed by atoms with Crippen LogP contribution in [0.15, 0.2) is 11.9 Å². The quantitative estimate of drug-likeness (QED) is 0.385. The zero-order valence-electron chi connectivity index (χ0n) is 7.55. The predicted molar refractivity (Wildman–Crippen MR) is 54.1 cm³/mol. The molecule has 0 N–H and O–H groups in total. The van der Waals surface area contributed by atoms with E-state index in [2.05, 4.69) is 22.2 Å². The number of hydrogen-bond acceptors (Lipinski definition) is 0. The number of hydrogen-bond donors (Lipinski definition) is 0. The maximum atomic E-state index is 4.00. The lowest BCUT2D eigenvalue weighted by Crippen LogP contribution is -1.77. The highest BCUT2D eigenvalue weighted by Crippen LogP contribution is 2.07. The Labute approximate surface area is 73.7 Å². The number of allylic oxidation sites excluding steroid dienone is 1. The van der Waals surface area contributed by atoms with Gasteiger partial charge in [0.05, 0.1) is 0 Å². The maximum Gasteiger partial charge on any atom is -0.0146 e. The Morgan fingerprint density at radius 1 is 1.00 bits per heavy atom. The van der Waals surface area contributed by atoms with Gasteiger partial charge >= 0.3 is 0 Å². The van der Waals surface area contributed by atoms with E-state index in [4.69, 9.17) is 0 Å².